The molecule has 3 fully saturated rings. The summed E-state index contributed by atoms with van der Waals surface area (Å²) in [6.45, 7) is 2.59. The molecule has 2 heterocycles. The molecule has 0 radical (unpaired) electrons. The zero-order chi connectivity index (χ0) is 25.3. The third-order valence-electron chi connectivity index (χ3n) is 7.92. The monoisotopic (exact) mass is 513 g/mol. The molecule has 2 saturated carbocycles. The number of benzene rings is 1. The highest BCUT2D eigenvalue weighted by Crippen LogP contribution is 2.50. The van der Waals surface area contributed by atoms with E-state index in [1.807, 2.05) is 30.4 Å². The molecule has 2 N–H and O–H groups in total. The van der Waals surface area contributed by atoms with Crippen LogP contribution in [0.5, 0.6) is 0 Å². The van der Waals surface area contributed by atoms with Gasteiger partial charge in [-0.2, -0.15) is 0 Å². The number of carbonyl (C=O) groups is 1. The molecule has 1 aromatic heterocycles. The SMILES string of the molecule is CCOC(=O)N[C@@H]1CC[C@@H]2[C@@H](C1)C[C@H]1CNS(=O)(=O)[C@H]1[C@H]2C=Cc1ccc(-c2cccc(F)c2)cn1. The van der Waals surface area contributed by atoms with Gasteiger partial charge in [0.05, 0.1) is 17.6 Å². The fourth-order valence-electron chi connectivity index (χ4n) is 6.40. The minimum atomic E-state index is -3.38. The maximum absolute atomic E-state index is 13.6. The Kier molecular flexibility index (Phi) is 7.12. The number of halogens is 1. The summed E-state index contributed by atoms with van der Waals surface area (Å²) in [4.78, 5) is 16.5. The van der Waals surface area contributed by atoms with Crippen LogP contribution in [0.3, 0.4) is 0 Å². The zero-order valence-electron chi connectivity index (χ0n) is 20.3. The van der Waals surface area contributed by atoms with Crippen molar-refractivity contribution in [2.24, 2.45) is 23.7 Å². The summed E-state index contributed by atoms with van der Waals surface area (Å²) in [5, 5.41) is 2.53. The van der Waals surface area contributed by atoms with Crippen LogP contribution in [-0.4, -0.2) is 43.9 Å². The van der Waals surface area contributed by atoms with E-state index in [4.69, 9.17) is 4.74 Å². The average molecular weight is 514 g/mol. The minimum absolute atomic E-state index is 0.0504. The second kappa shape index (κ2) is 10.3. The molecule has 3 aliphatic rings. The first-order chi connectivity index (χ1) is 17.3. The van der Waals surface area contributed by atoms with Gasteiger partial charge in [0.2, 0.25) is 10.0 Å². The number of nitrogens with zero attached hydrogens (tertiary/aromatic N) is 1. The van der Waals surface area contributed by atoms with Crippen molar-refractivity contribution in [2.75, 3.05) is 13.2 Å². The molecular weight excluding hydrogens is 481 g/mol. The van der Waals surface area contributed by atoms with Gasteiger partial charge in [0.15, 0.2) is 0 Å². The second-order valence-electron chi connectivity index (χ2n) is 10.1. The van der Waals surface area contributed by atoms with E-state index in [-0.39, 0.29) is 35.7 Å². The largest absolute Gasteiger partial charge is 0.450 e. The van der Waals surface area contributed by atoms with Gasteiger partial charge in [-0.1, -0.05) is 24.3 Å². The maximum Gasteiger partial charge on any atom is 0.407 e. The molecular formula is C27H32FN3O4S. The number of ether oxygens (including phenoxy) is 1. The topological polar surface area (TPSA) is 97.4 Å². The van der Waals surface area contributed by atoms with E-state index >= 15 is 0 Å². The van der Waals surface area contributed by atoms with Crippen molar-refractivity contribution < 1.29 is 22.3 Å². The third kappa shape index (κ3) is 5.18. The van der Waals surface area contributed by atoms with E-state index in [2.05, 4.69) is 15.0 Å². The molecule has 1 saturated heterocycles. The number of rotatable bonds is 5. The predicted molar refractivity (Wildman–Crippen MR) is 136 cm³/mol. The van der Waals surface area contributed by atoms with Crippen LogP contribution < -0.4 is 10.0 Å². The summed E-state index contributed by atoms with van der Waals surface area (Å²) < 4.78 is 47.3. The van der Waals surface area contributed by atoms with Crippen molar-refractivity contribution in [1.82, 2.24) is 15.0 Å². The zero-order valence-corrected chi connectivity index (χ0v) is 21.1. The Morgan fingerprint density at radius 1 is 1.19 bits per heavy atom. The van der Waals surface area contributed by atoms with Crippen molar-refractivity contribution in [2.45, 2.75) is 43.9 Å². The van der Waals surface area contributed by atoms with Gasteiger partial charge in [0.1, 0.15) is 5.82 Å². The van der Waals surface area contributed by atoms with Gasteiger partial charge in [-0.3, -0.25) is 4.98 Å². The van der Waals surface area contributed by atoms with E-state index in [0.29, 0.717) is 19.1 Å². The predicted octanol–water partition coefficient (Wildman–Crippen LogP) is 4.37. The van der Waals surface area contributed by atoms with Gasteiger partial charge in [-0.25, -0.2) is 22.3 Å². The van der Waals surface area contributed by atoms with E-state index in [0.717, 1.165) is 42.5 Å². The Labute approximate surface area is 211 Å². The van der Waals surface area contributed by atoms with Gasteiger partial charge >= 0.3 is 6.09 Å². The van der Waals surface area contributed by atoms with Crippen LogP contribution in [0.15, 0.2) is 48.7 Å². The van der Waals surface area contributed by atoms with Crippen molar-refractivity contribution in [3.8, 4) is 11.1 Å². The summed E-state index contributed by atoms with van der Waals surface area (Å²) in [6, 6.07) is 10.2. The highest BCUT2D eigenvalue weighted by molar-refractivity contribution is 7.90. The Morgan fingerprint density at radius 2 is 2.06 bits per heavy atom. The van der Waals surface area contributed by atoms with Crippen molar-refractivity contribution in [1.29, 1.82) is 0 Å². The summed E-state index contributed by atoms with van der Waals surface area (Å²) >= 11 is 0. The van der Waals surface area contributed by atoms with Crippen LogP contribution in [0.1, 0.15) is 38.3 Å². The lowest BCUT2D eigenvalue weighted by molar-refractivity contribution is 0.0802. The number of fused-ring (bicyclic) bond motifs is 2. The number of amides is 1. The number of hydrogen-bond acceptors (Lipinski definition) is 5. The van der Waals surface area contributed by atoms with Gasteiger partial charge in [0.25, 0.3) is 0 Å². The summed E-state index contributed by atoms with van der Waals surface area (Å²) in [7, 11) is -3.38. The summed E-state index contributed by atoms with van der Waals surface area (Å²) in [5.41, 5.74) is 2.31. The molecule has 0 spiro atoms. The number of alkyl carbamates (subject to hydrolysis) is 1. The molecule has 1 aromatic carbocycles. The van der Waals surface area contributed by atoms with Crippen molar-refractivity contribution in [3.63, 3.8) is 0 Å². The third-order valence-corrected chi connectivity index (χ3v) is 9.91. The standard InChI is InChI=1S/C27H32FN3O4S/c1-2-35-27(32)31-23-9-10-24-19(14-23)12-20-16-30-36(33,34)26(20)25(24)11-8-22-7-6-18(15-29-22)17-4-3-5-21(28)13-17/h3-8,11,13,15,19-20,23-26,30H,2,9-10,12,14,16H2,1H3,(H,31,32)/t19-,20+,23-,24-,25+,26-/m1/s1. The molecule has 6 atom stereocenters. The quantitative estimate of drug-likeness (QED) is 0.619. The maximum atomic E-state index is 13.6. The first kappa shape index (κ1) is 24.9. The molecule has 1 amide bonds. The normalized spacial score (nSPS) is 30.9. The van der Waals surface area contributed by atoms with Crippen LogP contribution in [0.25, 0.3) is 17.2 Å². The molecule has 5 rings (SSSR count). The summed E-state index contributed by atoms with van der Waals surface area (Å²) in [5.74, 6) is 0.193. The van der Waals surface area contributed by atoms with E-state index in [1.165, 1.54) is 12.1 Å². The first-order valence-electron chi connectivity index (χ1n) is 12.7. The fraction of sp³-hybridized carbons (Fsp3) is 0.481. The van der Waals surface area contributed by atoms with Crippen LogP contribution in [0.2, 0.25) is 0 Å². The number of pyridine rings is 1. The van der Waals surface area contributed by atoms with Gasteiger partial charge in [-0.05, 0) is 86.1 Å². The Hall–Kier alpha value is -2.78. The van der Waals surface area contributed by atoms with E-state index in [1.54, 1.807) is 19.2 Å². The molecule has 9 heteroatoms. The second-order valence-corrected chi connectivity index (χ2v) is 12.0. The molecule has 192 valence electrons. The number of allylic oxidation sites excluding steroid dienone is 1. The van der Waals surface area contributed by atoms with Crippen LogP contribution in [0.4, 0.5) is 9.18 Å². The molecule has 2 aromatic rings. The first-order valence-corrected chi connectivity index (χ1v) is 14.2. The minimum Gasteiger partial charge on any atom is -0.450 e. The van der Waals surface area contributed by atoms with Crippen LogP contribution in [0, 0.1) is 29.5 Å². The average Bonchev–Trinajstić information content (AvgIpc) is 3.16. The number of aromatic nitrogens is 1. The molecule has 7 nitrogen and oxygen atoms in total. The van der Waals surface area contributed by atoms with E-state index < -0.39 is 15.3 Å². The fourth-order valence-corrected chi connectivity index (χ4v) is 8.46. The van der Waals surface area contributed by atoms with Gasteiger partial charge in [0, 0.05) is 24.3 Å². The van der Waals surface area contributed by atoms with Gasteiger partial charge < -0.3 is 10.1 Å². The molecule has 2 aliphatic carbocycles. The van der Waals surface area contributed by atoms with Crippen molar-refractivity contribution in [3.05, 3.63) is 60.2 Å². The molecule has 36 heavy (non-hydrogen) atoms. The molecule has 0 unspecified atom stereocenters. The molecule has 1 aliphatic heterocycles. The van der Waals surface area contributed by atoms with Crippen LogP contribution in [-0.2, 0) is 14.8 Å². The summed E-state index contributed by atoms with van der Waals surface area (Å²) in [6.07, 6.45) is 8.59. The lowest BCUT2D eigenvalue weighted by atomic mass is 9.61. The Bertz CT molecular complexity index is 1230. The van der Waals surface area contributed by atoms with Crippen LogP contribution >= 0.6 is 0 Å². The lowest BCUT2D eigenvalue weighted by Gasteiger charge is -2.47. The van der Waals surface area contributed by atoms with E-state index in [9.17, 15) is 17.6 Å². The lowest BCUT2D eigenvalue weighted by Crippen LogP contribution is -2.49. The smallest absolute Gasteiger partial charge is 0.407 e. The highest BCUT2D eigenvalue weighted by atomic mass is 32.2. The van der Waals surface area contributed by atoms with Crippen molar-refractivity contribution >= 4 is 22.2 Å². The number of sulfonamides is 1. The molecule has 0 bridgehead atoms. The van der Waals surface area contributed by atoms with Gasteiger partial charge in [-0.15, -0.1) is 0 Å². The Balaban J connectivity index is 1.35. The number of hydrogen-bond donors (Lipinski definition) is 2. The number of nitrogens with one attached hydrogen (secondary N) is 2. The number of carbonyl (C=O) groups excluding carboxylic acids is 1. The highest BCUT2D eigenvalue weighted by Gasteiger charge is 2.53. The Morgan fingerprint density at radius 3 is 2.81 bits per heavy atom.